The molecule has 1 amide bonds. The molecule has 0 spiro atoms. The third-order valence-corrected chi connectivity index (χ3v) is 7.23. The van der Waals surface area contributed by atoms with Crippen LogP contribution < -0.4 is 9.64 Å². The van der Waals surface area contributed by atoms with Gasteiger partial charge in [-0.25, -0.2) is 8.42 Å². The van der Waals surface area contributed by atoms with Crippen LogP contribution in [0, 0.1) is 0 Å². The maximum absolute atomic E-state index is 13.1. The number of anilines is 1. The standard InChI is InChI=1S/C22H29N3O4S/c1-23(2)19-10-7-17(8-11-19)16-24(3)22(26)18-9-12-20(29-4)21(15-18)30(27,28)25-13-5-6-14-25/h7-12,15H,5-6,13-14,16H2,1-4H3. The number of nitrogens with zero attached hydrogens (tertiary/aromatic N) is 3. The third kappa shape index (κ3) is 4.60. The lowest BCUT2D eigenvalue weighted by molar-refractivity contribution is 0.0785. The minimum atomic E-state index is -3.70. The van der Waals surface area contributed by atoms with Crippen LogP contribution in [0.15, 0.2) is 47.4 Å². The van der Waals surface area contributed by atoms with Gasteiger partial charge in [0.1, 0.15) is 10.6 Å². The SMILES string of the molecule is COc1ccc(C(=O)N(C)Cc2ccc(N(C)C)cc2)cc1S(=O)(=O)N1CCCC1. The Morgan fingerprint density at radius 1 is 1.03 bits per heavy atom. The predicted octanol–water partition coefficient (Wildman–Crippen LogP) is 2.82. The molecule has 1 aliphatic heterocycles. The smallest absolute Gasteiger partial charge is 0.253 e. The summed E-state index contributed by atoms with van der Waals surface area (Å²) < 4.78 is 32.8. The number of benzene rings is 2. The molecule has 1 fully saturated rings. The monoisotopic (exact) mass is 431 g/mol. The van der Waals surface area contributed by atoms with Gasteiger partial charge in [-0.1, -0.05) is 12.1 Å². The largest absolute Gasteiger partial charge is 0.495 e. The zero-order chi connectivity index (χ0) is 21.9. The van der Waals surface area contributed by atoms with E-state index >= 15 is 0 Å². The number of methoxy groups -OCH3 is 1. The number of rotatable bonds is 7. The Morgan fingerprint density at radius 3 is 2.23 bits per heavy atom. The van der Waals surface area contributed by atoms with Crippen LogP contribution in [0.1, 0.15) is 28.8 Å². The van der Waals surface area contributed by atoms with Crippen LogP contribution in [0.3, 0.4) is 0 Å². The average Bonchev–Trinajstić information content (AvgIpc) is 3.29. The zero-order valence-corrected chi connectivity index (χ0v) is 18.8. The zero-order valence-electron chi connectivity index (χ0n) is 18.0. The minimum Gasteiger partial charge on any atom is -0.495 e. The first-order valence-electron chi connectivity index (χ1n) is 9.94. The van der Waals surface area contributed by atoms with Gasteiger partial charge in [0.05, 0.1) is 7.11 Å². The molecule has 30 heavy (non-hydrogen) atoms. The number of carbonyl (C=O) groups excluding carboxylic acids is 1. The molecule has 0 unspecified atom stereocenters. The number of carbonyl (C=O) groups is 1. The second-order valence-electron chi connectivity index (χ2n) is 7.70. The van der Waals surface area contributed by atoms with Gasteiger partial charge in [-0.3, -0.25) is 4.79 Å². The van der Waals surface area contributed by atoms with Crippen molar-refractivity contribution in [2.24, 2.45) is 0 Å². The van der Waals surface area contributed by atoms with Crippen molar-refractivity contribution in [2.75, 3.05) is 46.2 Å². The Hall–Kier alpha value is -2.58. The molecular weight excluding hydrogens is 402 g/mol. The quantitative estimate of drug-likeness (QED) is 0.674. The number of amides is 1. The first-order chi connectivity index (χ1) is 14.2. The summed E-state index contributed by atoms with van der Waals surface area (Å²) in [6.07, 6.45) is 1.69. The van der Waals surface area contributed by atoms with Crippen LogP contribution in [-0.2, 0) is 16.6 Å². The van der Waals surface area contributed by atoms with Gasteiger partial charge >= 0.3 is 0 Å². The van der Waals surface area contributed by atoms with Crippen LogP contribution in [0.5, 0.6) is 5.75 Å². The van der Waals surface area contributed by atoms with Crippen LogP contribution >= 0.6 is 0 Å². The van der Waals surface area contributed by atoms with Gasteiger partial charge in [0, 0.05) is 52.0 Å². The van der Waals surface area contributed by atoms with Crippen molar-refractivity contribution in [3.63, 3.8) is 0 Å². The highest BCUT2D eigenvalue weighted by Gasteiger charge is 2.31. The number of hydrogen-bond acceptors (Lipinski definition) is 5. The molecule has 8 heteroatoms. The van der Waals surface area contributed by atoms with Crippen LogP contribution in [0.4, 0.5) is 5.69 Å². The summed E-state index contributed by atoms with van der Waals surface area (Å²) >= 11 is 0. The fraction of sp³-hybridized carbons (Fsp3) is 0.409. The molecule has 7 nitrogen and oxygen atoms in total. The molecule has 0 bridgehead atoms. The lowest BCUT2D eigenvalue weighted by Gasteiger charge is -2.21. The third-order valence-electron chi connectivity index (χ3n) is 5.31. The fourth-order valence-corrected chi connectivity index (χ4v) is 5.24. The van der Waals surface area contributed by atoms with E-state index in [4.69, 9.17) is 4.74 Å². The first kappa shape index (κ1) is 22.1. The molecule has 2 aromatic rings. The molecule has 1 heterocycles. The summed E-state index contributed by atoms with van der Waals surface area (Å²) in [6, 6.07) is 12.6. The summed E-state index contributed by atoms with van der Waals surface area (Å²) in [5.74, 6) is 0.00703. The molecule has 0 radical (unpaired) electrons. The van der Waals surface area contributed by atoms with Gasteiger partial charge in [0.25, 0.3) is 5.91 Å². The van der Waals surface area contributed by atoms with E-state index in [1.165, 1.54) is 17.5 Å². The first-order valence-corrected chi connectivity index (χ1v) is 11.4. The Bertz CT molecular complexity index is 998. The van der Waals surface area contributed by atoms with Gasteiger partial charge in [-0.2, -0.15) is 4.31 Å². The van der Waals surface area contributed by atoms with Crippen molar-refractivity contribution in [1.82, 2.24) is 9.21 Å². The van der Waals surface area contributed by atoms with Crippen LogP contribution in [-0.4, -0.2) is 64.9 Å². The van der Waals surface area contributed by atoms with E-state index in [0.29, 0.717) is 25.2 Å². The van der Waals surface area contributed by atoms with Gasteiger partial charge in [-0.15, -0.1) is 0 Å². The van der Waals surface area contributed by atoms with Crippen LogP contribution in [0.25, 0.3) is 0 Å². The molecule has 0 atom stereocenters. The second-order valence-corrected chi connectivity index (χ2v) is 9.61. The van der Waals surface area contributed by atoms with Crippen molar-refractivity contribution >= 4 is 21.6 Å². The molecule has 1 saturated heterocycles. The fourth-order valence-electron chi connectivity index (χ4n) is 3.54. The van der Waals surface area contributed by atoms with Crippen molar-refractivity contribution in [1.29, 1.82) is 0 Å². The van der Waals surface area contributed by atoms with Gasteiger partial charge < -0.3 is 14.5 Å². The van der Waals surface area contributed by atoms with Gasteiger partial charge in [0.2, 0.25) is 10.0 Å². The molecule has 0 aromatic heterocycles. The molecule has 0 aliphatic carbocycles. The Kier molecular flexibility index (Phi) is 6.67. The highest BCUT2D eigenvalue weighted by Crippen LogP contribution is 2.30. The van der Waals surface area contributed by atoms with Crippen LogP contribution in [0.2, 0.25) is 0 Å². The molecule has 1 aliphatic rings. The average molecular weight is 432 g/mol. The maximum Gasteiger partial charge on any atom is 0.253 e. The van der Waals surface area contributed by atoms with E-state index < -0.39 is 10.0 Å². The summed E-state index contributed by atoms with van der Waals surface area (Å²) in [5.41, 5.74) is 2.40. The van der Waals surface area contributed by atoms with E-state index in [2.05, 4.69) is 0 Å². The van der Waals surface area contributed by atoms with E-state index in [-0.39, 0.29) is 16.6 Å². The molecular formula is C22H29N3O4S. The Balaban J connectivity index is 1.83. The van der Waals surface area contributed by atoms with E-state index in [1.54, 1.807) is 24.1 Å². The lowest BCUT2D eigenvalue weighted by Crippen LogP contribution is -2.29. The predicted molar refractivity (Wildman–Crippen MR) is 118 cm³/mol. The number of sulfonamides is 1. The molecule has 0 N–H and O–H groups in total. The summed E-state index contributed by atoms with van der Waals surface area (Å²) in [7, 11) is 3.39. The highest BCUT2D eigenvalue weighted by atomic mass is 32.2. The van der Waals surface area contributed by atoms with Crippen molar-refractivity contribution in [3.8, 4) is 5.75 Å². The minimum absolute atomic E-state index is 0.0430. The normalized spacial score (nSPS) is 14.5. The van der Waals surface area contributed by atoms with Crippen molar-refractivity contribution in [3.05, 3.63) is 53.6 Å². The lowest BCUT2D eigenvalue weighted by atomic mass is 10.1. The molecule has 0 saturated carbocycles. The number of hydrogen-bond donors (Lipinski definition) is 0. The van der Waals surface area contributed by atoms with Gasteiger partial charge in [0.15, 0.2) is 0 Å². The number of ether oxygens (including phenoxy) is 1. The van der Waals surface area contributed by atoms with Crippen molar-refractivity contribution in [2.45, 2.75) is 24.3 Å². The maximum atomic E-state index is 13.1. The van der Waals surface area contributed by atoms with Gasteiger partial charge in [-0.05, 0) is 48.7 Å². The molecule has 2 aromatic carbocycles. The van der Waals surface area contributed by atoms with E-state index in [1.807, 2.05) is 43.3 Å². The summed E-state index contributed by atoms with van der Waals surface area (Å²) in [6.45, 7) is 1.41. The summed E-state index contributed by atoms with van der Waals surface area (Å²) in [5, 5.41) is 0. The molecule has 162 valence electrons. The van der Waals surface area contributed by atoms with Crippen molar-refractivity contribution < 1.29 is 17.9 Å². The Morgan fingerprint density at radius 2 is 1.67 bits per heavy atom. The second kappa shape index (κ2) is 9.06. The summed E-state index contributed by atoms with van der Waals surface area (Å²) in [4.78, 5) is 16.6. The highest BCUT2D eigenvalue weighted by molar-refractivity contribution is 7.89. The topological polar surface area (TPSA) is 70.2 Å². The van der Waals surface area contributed by atoms with E-state index in [9.17, 15) is 13.2 Å². The Labute approximate surface area is 178 Å². The van der Waals surface area contributed by atoms with E-state index in [0.717, 1.165) is 24.1 Å². The molecule has 3 rings (SSSR count).